The van der Waals surface area contributed by atoms with Crippen LogP contribution in [0.2, 0.25) is 0 Å². The number of rotatable bonds is 4. The highest BCUT2D eigenvalue weighted by Crippen LogP contribution is 2.18. The van der Waals surface area contributed by atoms with E-state index < -0.39 is 10.0 Å². The summed E-state index contributed by atoms with van der Waals surface area (Å²) in [5.74, 6) is 0.201. The van der Waals surface area contributed by atoms with E-state index in [-0.39, 0.29) is 17.7 Å². The molecule has 0 aromatic carbocycles. The van der Waals surface area contributed by atoms with Crippen molar-refractivity contribution in [2.45, 2.75) is 25.3 Å². The molecule has 1 aliphatic carbocycles. The van der Waals surface area contributed by atoms with E-state index in [0.717, 1.165) is 19.3 Å². The van der Waals surface area contributed by atoms with E-state index >= 15 is 0 Å². The first-order valence-corrected chi connectivity index (χ1v) is 5.89. The largest absolute Gasteiger partial charge is 0.213 e. The van der Waals surface area contributed by atoms with Gasteiger partial charge in [0.15, 0.2) is 0 Å². The van der Waals surface area contributed by atoms with Crippen molar-refractivity contribution in [1.29, 1.82) is 0 Å². The van der Waals surface area contributed by atoms with Gasteiger partial charge in [-0.25, -0.2) is 13.1 Å². The molecule has 3 nitrogen and oxygen atoms in total. The minimum Gasteiger partial charge on any atom is -0.212 e. The van der Waals surface area contributed by atoms with Crippen molar-refractivity contribution in [3.05, 3.63) is 0 Å². The van der Waals surface area contributed by atoms with Crippen LogP contribution in [0.4, 0.5) is 0 Å². The number of alkyl halides is 1. The topological polar surface area (TPSA) is 46.2 Å². The van der Waals surface area contributed by atoms with E-state index in [1.54, 1.807) is 0 Å². The van der Waals surface area contributed by atoms with Gasteiger partial charge < -0.3 is 0 Å². The van der Waals surface area contributed by atoms with Crippen molar-refractivity contribution < 1.29 is 8.42 Å². The van der Waals surface area contributed by atoms with Crippen LogP contribution in [0.1, 0.15) is 19.3 Å². The van der Waals surface area contributed by atoms with Crippen molar-refractivity contribution >= 4 is 21.6 Å². The molecule has 0 saturated heterocycles. The summed E-state index contributed by atoms with van der Waals surface area (Å²) in [6, 6.07) is 0.184. The highest BCUT2D eigenvalue weighted by molar-refractivity contribution is 7.89. The Morgan fingerprint density at radius 3 is 2.45 bits per heavy atom. The molecule has 0 bridgehead atoms. The van der Waals surface area contributed by atoms with E-state index in [0.29, 0.717) is 0 Å². The van der Waals surface area contributed by atoms with Crippen LogP contribution in [0.25, 0.3) is 0 Å². The fourth-order valence-corrected chi connectivity index (χ4v) is 2.61. The Morgan fingerprint density at radius 1 is 1.45 bits per heavy atom. The third kappa shape index (κ3) is 2.97. The van der Waals surface area contributed by atoms with Gasteiger partial charge in [0.2, 0.25) is 10.0 Å². The second-order valence-corrected chi connectivity index (χ2v) is 5.00. The number of sulfonamides is 1. The molecule has 5 heteroatoms. The van der Waals surface area contributed by atoms with Crippen molar-refractivity contribution in [2.75, 3.05) is 11.6 Å². The second kappa shape index (κ2) is 3.74. The van der Waals surface area contributed by atoms with E-state index in [2.05, 4.69) is 4.72 Å². The summed E-state index contributed by atoms with van der Waals surface area (Å²) in [7, 11) is -3.07. The van der Waals surface area contributed by atoms with Gasteiger partial charge in [0, 0.05) is 11.9 Å². The molecule has 0 aliphatic heterocycles. The van der Waals surface area contributed by atoms with Crippen LogP contribution in [0.3, 0.4) is 0 Å². The first kappa shape index (κ1) is 9.29. The molecule has 1 aliphatic rings. The van der Waals surface area contributed by atoms with Crippen LogP contribution < -0.4 is 4.72 Å². The number of nitrogens with one attached hydrogen (secondary N) is 1. The molecule has 0 atom stereocenters. The van der Waals surface area contributed by atoms with Crippen molar-refractivity contribution in [1.82, 2.24) is 4.72 Å². The Bertz CT molecular complexity index is 211. The fourth-order valence-electron chi connectivity index (χ4n) is 0.941. The lowest BCUT2D eigenvalue weighted by Gasteiger charge is -2.25. The normalized spacial score (nSPS) is 19.7. The van der Waals surface area contributed by atoms with Crippen LogP contribution in [0, 0.1) is 0 Å². The number of hydrogen-bond acceptors (Lipinski definition) is 2. The van der Waals surface area contributed by atoms with Crippen molar-refractivity contribution in [3.8, 4) is 0 Å². The summed E-state index contributed by atoms with van der Waals surface area (Å²) in [4.78, 5) is 0. The summed E-state index contributed by atoms with van der Waals surface area (Å²) in [5, 5.41) is 0. The zero-order valence-corrected chi connectivity index (χ0v) is 7.79. The molecule has 0 spiro atoms. The Kier molecular flexibility index (Phi) is 3.16. The first-order valence-electron chi connectivity index (χ1n) is 3.70. The zero-order chi connectivity index (χ0) is 8.32. The number of hydrogen-bond donors (Lipinski definition) is 1. The molecule has 66 valence electrons. The van der Waals surface area contributed by atoms with Gasteiger partial charge in [0.1, 0.15) is 0 Å². The van der Waals surface area contributed by atoms with Gasteiger partial charge >= 0.3 is 0 Å². The van der Waals surface area contributed by atoms with E-state index in [1.165, 1.54) is 0 Å². The smallest absolute Gasteiger partial charge is 0.212 e. The predicted octanol–water partition coefficient (Wildman–Crippen LogP) is 0.697. The monoisotopic (exact) mass is 197 g/mol. The maximum atomic E-state index is 11.0. The second-order valence-electron chi connectivity index (χ2n) is 2.75. The standard InChI is InChI=1S/C6H12ClNO2S/c7-4-5-11(9,10)8-6-2-1-3-6/h6,8H,1-5H2. The average Bonchev–Trinajstić information content (AvgIpc) is 1.79. The van der Waals surface area contributed by atoms with Crippen LogP contribution in [-0.2, 0) is 10.0 Å². The fraction of sp³-hybridized carbons (Fsp3) is 1.00. The summed E-state index contributed by atoms with van der Waals surface area (Å²) in [6.45, 7) is 0. The predicted molar refractivity (Wildman–Crippen MR) is 45.3 cm³/mol. The molecule has 11 heavy (non-hydrogen) atoms. The molecule has 0 radical (unpaired) electrons. The van der Waals surface area contributed by atoms with E-state index in [1.807, 2.05) is 0 Å². The summed E-state index contributed by atoms with van der Waals surface area (Å²) in [5.41, 5.74) is 0. The zero-order valence-electron chi connectivity index (χ0n) is 6.22. The van der Waals surface area contributed by atoms with Crippen LogP contribution in [-0.4, -0.2) is 26.1 Å². The molecule has 0 unspecified atom stereocenters. The SMILES string of the molecule is O=S(=O)(CCCl)NC1CCC1. The van der Waals surface area contributed by atoms with Gasteiger partial charge in [0.05, 0.1) is 5.75 Å². The van der Waals surface area contributed by atoms with E-state index in [4.69, 9.17) is 11.6 Å². The van der Waals surface area contributed by atoms with Crippen LogP contribution in [0.15, 0.2) is 0 Å². The lowest BCUT2D eigenvalue weighted by molar-refractivity contribution is 0.384. The summed E-state index contributed by atoms with van der Waals surface area (Å²) >= 11 is 5.31. The molecular formula is C6H12ClNO2S. The lowest BCUT2D eigenvalue weighted by Crippen LogP contribution is -2.40. The van der Waals surface area contributed by atoms with Gasteiger partial charge in [-0.1, -0.05) is 6.42 Å². The maximum Gasteiger partial charge on any atom is 0.213 e. The molecule has 1 fully saturated rings. The van der Waals surface area contributed by atoms with Gasteiger partial charge in [-0.2, -0.15) is 0 Å². The molecular weight excluding hydrogens is 186 g/mol. The highest BCUT2D eigenvalue weighted by atomic mass is 35.5. The third-order valence-electron chi connectivity index (χ3n) is 1.80. The van der Waals surface area contributed by atoms with Crippen molar-refractivity contribution in [3.63, 3.8) is 0 Å². The van der Waals surface area contributed by atoms with Gasteiger partial charge in [-0.3, -0.25) is 0 Å². The molecule has 1 saturated carbocycles. The third-order valence-corrected chi connectivity index (χ3v) is 3.64. The van der Waals surface area contributed by atoms with Gasteiger partial charge in [-0.05, 0) is 12.8 Å². The molecule has 1 N–H and O–H groups in total. The van der Waals surface area contributed by atoms with Crippen LogP contribution >= 0.6 is 11.6 Å². The van der Waals surface area contributed by atoms with Gasteiger partial charge in [0.25, 0.3) is 0 Å². The molecule has 0 aromatic rings. The molecule has 0 heterocycles. The lowest BCUT2D eigenvalue weighted by atomic mass is 9.94. The minimum absolute atomic E-state index is 0.0328. The molecule has 0 amide bonds. The highest BCUT2D eigenvalue weighted by Gasteiger charge is 2.22. The average molecular weight is 198 g/mol. The maximum absolute atomic E-state index is 11.0. The Labute approximate surface area is 72.2 Å². The minimum atomic E-state index is -3.07. The van der Waals surface area contributed by atoms with E-state index in [9.17, 15) is 8.42 Å². The quantitative estimate of drug-likeness (QED) is 0.675. The van der Waals surface area contributed by atoms with Crippen molar-refractivity contribution in [2.24, 2.45) is 0 Å². The Balaban J connectivity index is 2.33. The van der Waals surface area contributed by atoms with Crippen LogP contribution in [0.5, 0.6) is 0 Å². The number of halogens is 1. The summed E-state index contributed by atoms with van der Waals surface area (Å²) < 4.78 is 24.7. The molecule has 0 aromatic heterocycles. The Morgan fingerprint density at radius 2 is 2.09 bits per heavy atom. The first-order chi connectivity index (χ1) is 5.14. The van der Waals surface area contributed by atoms with Gasteiger partial charge in [-0.15, -0.1) is 11.6 Å². The summed E-state index contributed by atoms with van der Waals surface area (Å²) in [6.07, 6.45) is 3.08. The molecule has 1 rings (SSSR count). The Hall–Kier alpha value is 0.200.